The number of ketones is 1. The molecule has 0 aliphatic carbocycles. The van der Waals surface area contributed by atoms with Gasteiger partial charge in [0.25, 0.3) is 5.91 Å². The summed E-state index contributed by atoms with van der Waals surface area (Å²) < 4.78 is 10.6. The van der Waals surface area contributed by atoms with Gasteiger partial charge in [0.2, 0.25) is 5.88 Å². The number of hydrogen-bond donors (Lipinski definition) is 1. The molecule has 1 heterocycles. The van der Waals surface area contributed by atoms with Crippen molar-refractivity contribution in [2.45, 2.75) is 6.54 Å². The van der Waals surface area contributed by atoms with Gasteiger partial charge in [-0.3, -0.25) is 9.59 Å². The number of nitrogens with one attached hydrogen (secondary N) is 1. The average Bonchev–Trinajstić information content (AvgIpc) is 2.78. The van der Waals surface area contributed by atoms with E-state index in [0.29, 0.717) is 40.8 Å². The lowest BCUT2D eigenvalue weighted by molar-refractivity contribution is 0.0939. The molecule has 0 aliphatic rings. The van der Waals surface area contributed by atoms with Crippen molar-refractivity contribution in [3.8, 4) is 5.88 Å². The predicted octanol–water partition coefficient (Wildman–Crippen LogP) is 3.92. The Kier molecular flexibility index (Phi) is 7.54. The van der Waals surface area contributed by atoms with Crippen molar-refractivity contribution >= 4 is 23.3 Å². The van der Waals surface area contributed by atoms with E-state index in [4.69, 9.17) is 21.1 Å². The van der Waals surface area contributed by atoms with Crippen LogP contribution in [0.3, 0.4) is 0 Å². The highest BCUT2D eigenvalue weighted by Crippen LogP contribution is 2.18. The Morgan fingerprint density at radius 2 is 1.70 bits per heavy atom. The van der Waals surface area contributed by atoms with Crippen LogP contribution in [0.1, 0.15) is 31.8 Å². The van der Waals surface area contributed by atoms with E-state index in [-0.39, 0.29) is 18.2 Å². The van der Waals surface area contributed by atoms with Gasteiger partial charge in [-0.25, -0.2) is 4.98 Å². The second-order valence-corrected chi connectivity index (χ2v) is 6.81. The molecule has 1 N–H and O–H groups in total. The lowest BCUT2D eigenvalue weighted by atomic mass is 9.98. The van der Waals surface area contributed by atoms with Crippen molar-refractivity contribution in [1.82, 2.24) is 10.3 Å². The van der Waals surface area contributed by atoms with E-state index in [1.807, 2.05) is 6.07 Å². The van der Waals surface area contributed by atoms with Crippen LogP contribution in [0.4, 0.5) is 0 Å². The standard InChI is InChI=1S/C23H21ClN2O4/c1-29-13-14-30-23-17(5-4-12-25-23)15-26-22(28)20-7-3-2-6-19(20)21(27)16-8-10-18(24)11-9-16/h2-12H,13-15H2,1H3,(H,26,28). The van der Waals surface area contributed by atoms with Crippen molar-refractivity contribution in [2.75, 3.05) is 20.3 Å². The summed E-state index contributed by atoms with van der Waals surface area (Å²) in [5, 5.41) is 3.38. The molecule has 0 spiro atoms. The number of benzene rings is 2. The van der Waals surface area contributed by atoms with Gasteiger partial charge in [-0.1, -0.05) is 35.9 Å². The number of ether oxygens (including phenoxy) is 2. The van der Waals surface area contributed by atoms with Gasteiger partial charge in [0.15, 0.2) is 5.78 Å². The summed E-state index contributed by atoms with van der Waals surface area (Å²) >= 11 is 5.90. The van der Waals surface area contributed by atoms with Crippen LogP contribution < -0.4 is 10.1 Å². The molecule has 1 aromatic heterocycles. The largest absolute Gasteiger partial charge is 0.475 e. The zero-order valence-corrected chi connectivity index (χ0v) is 17.2. The normalized spacial score (nSPS) is 10.5. The molecular weight excluding hydrogens is 404 g/mol. The highest BCUT2D eigenvalue weighted by atomic mass is 35.5. The number of aromatic nitrogens is 1. The molecule has 2 aromatic carbocycles. The van der Waals surface area contributed by atoms with E-state index < -0.39 is 0 Å². The SMILES string of the molecule is COCCOc1ncccc1CNC(=O)c1ccccc1C(=O)c1ccc(Cl)cc1. The van der Waals surface area contributed by atoms with E-state index in [9.17, 15) is 9.59 Å². The van der Waals surface area contributed by atoms with Gasteiger partial charge in [0.1, 0.15) is 6.61 Å². The van der Waals surface area contributed by atoms with Gasteiger partial charge in [-0.2, -0.15) is 0 Å². The Morgan fingerprint density at radius 1 is 0.967 bits per heavy atom. The molecule has 0 radical (unpaired) electrons. The van der Waals surface area contributed by atoms with Crippen LogP contribution in [-0.4, -0.2) is 37.0 Å². The van der Waals surface area contributed by atoms with E-state index in [0.717, 1.165) is 5.56 Å². The monoisotopic (exact) mass is 424 g/mol. The number of carbonyl (C=O) groups is 2. The Hall–Kier alpha value is -3.22. The Bertz CT molecular complexity index is 1020. The molecule has 0 atom stereocenters. The maximum atomic E-state index is 12.9. The highest BCUT2D eigenvalue weighted by molar-refractivity contribution is 6.30. The molecule has 3 aromatic rings. The highest BCUT2D eigenvalue weighted by Gasteiger charge is 2.18. The number of pyridine rings is 1. The zero-order chi connectivity index (χ0) is 21.3. The molecule has 0 fully saturated rings. The second kappa shape index (κ2) is 10.5. The molecule has 0 bridgehead atoms. The molecular formula is C23H21ClN2O4. The molecule has 0 unspecified atom stereocenters. The first-order valence-corrected chi connectivity index (χ1v) is 9.71. The first kappa shape index (κ1) is 21.5. The van der Waals surface area contributed by atoms with Gasteiger partial charge in [0, 0.05) is 41.6 Å². The van der Waals surface area contributed by atoms with Gasteiger partial charge in [0.05, 0.1) is 12.2 Å². The Morgan fingerprint density at radius 3 is 2.43 bits per heavy atom. The minimum atomic E-state index is -0.361. The van der Waals surface area contributed by atoms with Crippen LogP contribution in [0, 0.1) is 0 Å². The van der Waals surface area contributed by atoms with E-state index >= 15 is 0 Å². The number of methoxy groups -OCH3 is 1. The minimum Gasteiger partial charge on any atom is -0.475 e. The third kappa shape index (κ3) is 5.43. The van der Waals surface area contributed by atoms with Gasteiger partial charge >= 0.3 is 0 Å². The van der Waals surface area contributed by atoms with Crippen LogP contribution in [0.5, 0.6) is 5.88 Å². The van der Waals surface area contributed by atoms with Crippen LogP contribution in [0.25, 0.3) is 0 Å². The molecule has 0 saturated heterocycles. The lowest BCUT2D eigenvalue weighted by Gasteiger charge is -2.12. The summed E-state index contributed by atoms with van der Waals surface area (Å²) in [7, 11) is 1.59. The fraction of sp³-hybridized carbons (Fsp3) is 0.174. The van der Waals surface area contributed by atoms with Crippen LogP contribution in [0.15, 0.2) is 66.9 Å². The number of rotatable bonds is 9. The second-order valence-electron chi connectivity index (χ2n) is 6.37. The number of hydrogen-bond acceptors (Lipinski definition) is 5. The zero-order valence-electron chi connectivity index (χ0n) is 16.4. The molecule has 3 rings (SSSR count). The summed E-state index contributed by atoms with van der Waals surface area (Å²) in [5.41, 5.74) is 1.80. The molecule has 1 amide bonds. The minimum absolute atomic E-state index is 0.207. The van der Waals surface area contributed by atoms with Crippen molar-refractivity contribution in [2.24, 2.45) is 0 Å². The van der Waals surface area contributed by atoms with Crippen molar-refractivity contribution in [3.63, 3.8) is 0 Å². The number of halogens is 1. The van der Waals surface area contributed by atoms with Gasteiger partial charge < -0.3 is 14.8 Å². The summed E-state index contributed by atoms with van der Waals surface area (Å²) in [6, 6.07) is 16.8. The topological polar surface area (TPSA) is 77.5 Å². The molecule has 7 heteroatoms. The fourth-order valence-corrected chi connectivity index (χ4v) is 2.94. The fourth-order valence-electron chi connectivity index (χ4n) is 2.82. The Balaban J connectivity index is 1.74. The Labute approximate surface area is 179 Å². The van der Waals surface area contributed by atoms with Crippen LogP contribution in [-0.2, 0) is 11.3 Å². The average molecular weight is 425 g/mol. The van der Waals surface area contributed by atoms with Gasteiger partial charge in [-0.15, -0.1) is 0 Å². The van der Waals surface area contributed by atoms with Crippen molar-refractivity contribution in [1.29, 1.82) is 0 Å². The maximum absolute atomic E-state index is 12.9. The maximum Gasteiger partial charge on any atom is 0.252 e. The summed E-state index contributed by atoms with van der Waals surface area (Å²) in [6.07, 6.45) is 1.62. The molecule has 30 heavy (non-hydrogen) atoms. The summed E-state index contributed by atoms with van der Waals surface area (Å²) in [5.74, 6) is -0.178. The van der Waals surface area contributed by atoms with Crippen molar-refractivity contribution < 1.29 is 19.1 Å². The van der Waals surface area contributed by atoms with Crippen LogP contribution >= 0.6 is 11.6 Å². The first-order valence-electron chi connectivity index (χ1n) is 9.33. The van der Waals surface area contributed by atoms with E-state index in [1.54, 1.807) is 67.9 Å². The third-order valence-corrected chi connectivity index (χ3v) is 4.59. The third-order valence-electron chi connectivity index (χ3n) is 4.34. The number of nitrogens with zero attached hydrogens (tertiary/aromatic N) is 1. The smallest absolute Gasteiger partial charge is 0.252 e. The molecule has 6 nitrogen and oxygen atoms in total. The first-order chi connectivity index (χ1) is 14.6. The number of amides is 1. The van der Waals surface area contributed by atoms with Crippen molar-refractivity contribution in [3.05, 3.63) is 94.1 Å². The van der Waals surface area contributed by atoms with Gasteiger partial charge in [-0.05, 0) is 36.4 Å². The van der Waals surface area contributed by atoms with E-state index in [1.165, 1.54) is 0 Å². The lowest BCUT2D eigenvalue weighted by Crippen LogP contribution is -2.25. The van der Waals surface area contributed by atoms with Crippen LogP contribution in [0.2, 0.25) is 5.02 Å². The summed E-state index contributed by atoms with van der Waals surface area (Å²) in [4.78, 5) is 29.9. The predicted molar refractivity (Wildman–Crippen MR) is 114 cm³/mol. The quantitative estimate of drug-likeness (QED) is 0.416. The molecule has 0 aliphatic heterocycles. The number of carbonyl (C=O) groups excluding carboxylic acids is 2. The molecule has 0 saturated carbocycles. The molecule has 154 valence electrons. The summed E-state index contributed by atoms with van der Waals surface area (Å²) in [6.45, 7) is 0.994. The van der Waals surface area contributed by atoms with E-state index in [2.05, 4.69) is 10.3 Å².